The lowest BCUT2D eigenvalue weighted by Gasteiger charge is -2.02. The van der Waals surface area contributed by atoms with Crippen molar-refractivity contribution < 1.29 is 9.84 Å². The maximum Gasteiger partial charge on any atom is 0.328 e. The highest BCUT2D eigenvalue weighted by atomic mass is 16.5. The number of aliphatic imine (C=N–C) groups is 1. The standard InChI is InChI=1S/C12H11N3O4/c1-19-9-5-3-2-4-8(9)13-6-7-10(16)14-12(18)15-11(7)17/h2-6H,1H3,(H3,14,15,16,17,18). The summed E-state index contributed by atoms with van der Waals surface area (Å²) in [5.41, 5.74) is -1.14. The summed E-state index contributed by atoms with van der Waals surface area (Å²) in [4.78, 5) is 30.5. The van der Waals surface area contributed by atoms with Gasteiger partial charge in [0.05, 0.1) is 7.11 Å². The molecule has 0 saturated heterocycles. The van der Waals surface area contributed by atoms with Crippen molar-refractivity contribution in [3.63, 3.8) is 0 Å². The van der Waals surface area contributed by atoms with Crippen LogP contribution in [0, 0.1) is 0 Å². The van der Waals surface area contributed by atoms with E-state index >= 15 is 0 Å². The van der Waals surface area contributed by atoms with Crippen LogP contribution in [0.5, 0.6) is 11.6 Å². The first-order valence-corrected chi connectivity index (χ1v) is 5.34. The number of nitrogens with one attached hydrogen (secondary N) is 2. The van der Waals surface area contributed by atoms with E-state index in [1.54, 1.807) is 24.3 Å². The van der Waals surface area contributed by atoms with Gasteiger partial charge < -0.3 is 9.84 Å². The summed E-state index contributed by atoms with van der Waals surface area (Å²) < 4.78 is 5.09. The van der Waals surface area contributed by atoms with E-state index in [-0.39, 0.29) is 5.56 Å². The van der Waals surface area contributed by atoms with Crippen LogP contribution in [0.25, 0.3) is 0 Å². The Balaban J connectivity index is 2.44. The third-order valence-corrected chi connectivity index (χ3v) is 2.38. The van der Waals surface area contributed by atoms with Crippen molar-refractivity contribution in [1.82, 2.24) is 9.97 Å². The van der Waals surface area contributed by atoms with E-state index in [4.69, 9.17) is 4.74 Å². The molecular formula is C12H11N3O4. The zero-order chi connectivity index (χ0) is 13.8. The largest absolute Gasteiger partial charge is 0.494 e. The van der Waals surface area contributed by atoms with Gasteiger partial charge in [-0.25, -0.2) is 4.79 Å². The summed E-state index contributed by atoms with van der Waals surface area (Å²) in [7, 11) is 1.50. The van der Waals surface area contributed by atoms with E-state index in [0.29, 0.717) is 11.4 Å². The predicted octanol–water partition coefficient (Wildman–Crippen LogP) is 0.528. The minimum Gasteiger partial charge on any atom is -0.494 e. The normalized spacial score (nSPS) is 10.8. The first-order chi connectivity index (χ1) is 9.11. The van der Waals surface area contributed by atoms with Crippen LogP contribution in [0.3, 0.4) is 0 Å². The number of aromatic hydroxyl groups is 1. The first kappa shape index (κ1) is 12.6. The number of aromatic amines is 2. The van der Waals surface area contributed by atoms with Crippen LogP contribution in [0.2, 0.25) is 0 Å². The number of ether oxygens (including phenoxy) is 1. The molecule has 0 aliphatic heterocycles. The molecule has 19 heavy (non-hydrogen) atoms. The van der Waals surface area contributed by atoms with Crippen LogP contribution >= 0.6 is 0 Å². The van der Waals surface area contributed by atoms with Gasteiger partial charge in [-0.15, -0.1) is 0 Å². The van der Waals surface area contributed by atoms with Gasteiger partial charge >= 0.3 is 5.69 Å². The molecule has 0 aliphatic carbocycles. The monoisotopic (exact) mass is 261 g/mol. The van der Waals surface area contributed by atoms with Crippen LogP contribution in [0.1, 0.15) is 5.56 Å². The average molecular weight is 261 g/mol. The van der Waals surface area contributed by atoms with Crippen molar-refractivity contribution >= 4 is 11.9 Å². The second-order valence-corrected chi connectivity index (χ2v) is 3.60. The maximum atomic E-state index is 11.5. The van der Waals surface area contributed by atoms with Gasteiger partial charge in [-0.1, -0.05) is 12.1 Å². The molecule has 0 radical (unpaired) electrons. The van der Waals surface area contributed by atoms with E-state index in [0.717, 1.165) is 6.21 Å². The van der Waals surface area contributed by atoms with E-state index in [9.17, 15) is 14.7 Å². The number of hydrogen-bond donors (Lipinski definition) is 3. The average Bonchev–Trinajstić information content (AvgIpc) is 2.38. The van der Waals surface area contributed by atoms with E-state index in [1.165, 1.54) is 7.11 Å². The quantitative estimate of drug-likeness (QED) is 0.700. The Kier molecular flexibility index (Phi) is 3.46. The number of para-hydroxylation sites is 2. The lowest BCUT2D eigenvalue weighted by Crippen LogP contribution is -2.24. The van der Waals surface area contributed by atoms with Crippen LogP contribution in [0.15, 0.2) is 38.8 Å². The molecule has 7 nitrogen and oxygen atoms in total. The molecule has 0 spiro atoms. The summed E-state index contributed by atoms with van der Waals surface area (Å²) in [6.45, 7) is 0. The second kappa shape index (κ2) is 5.21. The van der Waals surface area contributed by atoms with Gasteiger partial charge in [-0.05, 0) is 12.1 Å². The highest BCUT2D eigenvalue weighted by Crippen LogP contribution is 2.26. The number of benzene rings is 1. The number of hydrogen-bond acceptors (Lipinski definition) is 5. The first-order valence-electron chi connectivity index (χ1n) is 5.34. The fourth-order valence-electron chi connectivity index (χ4n) is 1.47. The molecule has 0 fully saturated rings. The number of nitrogens with zero attached hydrogens (tertiary/aromatic N) is 1. The zero-order valence-corrected chi connectivity index (χ0v) is 10.0. The highest BCUT2D eigenvalue weighted by molar-refractivity contribution is 5.84. The molecule has 2 aromatic rings. The summed E-state index contributed by atoms with van der Waals surface area (Å²) in [5.74, 6) is -0.00788. The van der Waals surface area contributed by atoms with Crippen molar-refractivity contribution in [2.45, 2.75) is 0 Å². The van der Waals surface area contributed by atoms with Gasteiger partial charge in [0.25, 0.3) is 5.56 Å². The van der Waals surface area contributed by atoms with E-state index < -0.39 is 17.1 Å². The summed E-state index contributed by atoms with van der Waals surface area (Å²) in [5, 5.41) is 9.48. The molecule has 0 atom stereocenters. The number of rotatable bonds is 3. The maximum absolute atomic E-state index is 11.5. The minimum absolute atomic E-state index is 0.134. The van der Waals surface area contributed by atoms with Gasteiger partial charge in [-0.2, -0.15) is 0 Å². The van der Waals surface area contributed by atoms with E-state index in [1.807, 2.05) is 4.98 Å². The molecule has 0 aliphatic rings. The zero-order valence-electron chi connectivity index (χ0n) is 10.0. The van der Waals surface area contributed by atoms with Gasteiger partial charge in [0.2, 0.25) is 5.88 Å². The lowest BCUT2D eigenvalue weighted by atomic mass is 10.3. The van der Waals surface area contributed by atoms with Gasteiger partial charge in [0.15, 0.2) is 0 Å². The fraction of sp³-hybridized carbons (Fsp3) is 0.0833. The molecule has 0 bridgehead atoms. The second-order valence-electron chi connectivity index (χ2n) is 3.60. The Bertz CT molecular complexity index is 730. The summed E-state index contributed by atoms with van der Waals surface area (Å²) in [6.07, 6.45) is 1.15. The molecule has 3 N–H and O–H groups in total. The molecule has 2 rings (SSSR count). The molecular weight excluding hydrogens is 250 g/mol. The van der Waals surface area contributed by atoms with Gasteiger partial charge in [0, 0.05) is 6.21 Å². The van der Waals surface area contributed by atoms with E-state index in [2.05, 4.69) is 9.98 Å². The molecule has 1 aromatic heterocycles. The van der Waals surface area contributed by atoms with Crippen LogP contribution in [-0.4, -0.2) is 28.4 Å². The summed E-state index contributed by atoms with van der Waals surface area (Å²) in [6, 6.07) is 6.93. The molecule has 1 heterocycles. The molecule has 0 saturated carbocycles. The molecule has 0 amide bonds. The fourth-order valence-corrected chi connectivity index (χ4v) is 1.47. The third kappa shape index (κ3) is 2.71. The SMILES string of the molecule is COc1ccccc1N=Cc1c(O)[nH]c(=O)[nH]c1=O. The van der Waals surface area contributed by atoms with Crippen molar-refractivity contribution in [3.05, 3.63) is 50.7 Å². The topological polar surface area (TPSA) is 108 Å². The Morgan fingerprint density at radius 1 is 1.26 bits per heavy atom. The predicted molar refractivity (Wildman–Crippen MR) is 69.6 cm³/mol. The molecule has 0 unspecified atom stereocenters. The smallest absolute Gasteiger partial charge is 0.328 e. The Morgan fingerprint density at radius 2 is 2.00 bits per heavy atom. The van der Waals surface area contributed by atoms with Gasteiger partial charge in [-0.3, -0.25) is 19.8 Å². The third-order valence-electron chi connectivity index (χ3n) is 2.38. The lowest BCUT2D eigenvalue weighted by molar-refractivity contribution is 0.416. The molecule has 1 aromatic carbocycles. The molecule has 7 heteroatoms. The van der Waals surface area contributed by atoms with Crippen molar-refractivity contribution in [2.75, 3.05) is 7.11 Å². The Morgan fingerprint density at radius 3 is 2.68 bits per heavy atom. The number of methoxy groups -OCH3 is 1. The van der Waals surface area contributed by atoms with Crippen molar-refractivity contribution in [1.29, 1.82) is 0 Å². The van der Waals surface area contributed by atoms with Crippen LogP contribution in [-0.2, 0) is 0 Å². The van der Waals surface area contributed by atoms with Gasteiger partial charge in [0.1, 0.15) is 17.0 Å². The van der Waals surface area contributed by atoms with Crippen LogP contribution < -0.4 is 16.0 Å². The highest BCUT2D eigenvalue weighted by Gasteiger charge is 2.06. The molecule has 98 valence electrons. The summed E-state index contributed by atoms with van der Waals surface area (Å²) >= 11 is 0. The Hall–Kier alpha value is -2.83. The van der Waals surface area contributed by atoms with Crippen LogP contribution in [0.4, 0.5) is 5.69 Å². The van der Waals surface area contributed by atoms with Crippen molar-refractivity contribution in [2.24, 2.45) is 4.99 Å². The number of aromatic nitrogens is 2. The Labute approximate surface area is 107 Å². The van der Waals surface area contributed by atoms with Crippen molar-refractivity contribution in [3.8, 4) is 11.6 Å². The minimum atomic E-state index is -0.781. The number of H-pyrrole nitrogens is 2.